The second kappa shape index (κ2) is 8.97. The molecule has 1 aliphatic rings. The molecule has 6 heteroatoms. The summed E-state index contributed by atoms with van der Waals surface area (Å²) in [5.74, 6) is -1.03. The van der Waals surface area contributed by atoms with Crippen molar-refractivity contribution in [2.45, 2.75) is 26.3 Å². The number of benzene rings is 2. The Hall–Kier alpha value is -2.73. The second-order valence-electron chi connectivity index (χ2n) is 7.35. The third-order valence-electron chi connectivity index (χ3n) is 5.33. The fourth-order valence-corrected chi connectivity index (χ4v) is 3.67. The van der Waals surface area contributed by atoms with Crippen LogP contribution in [0.25, 0.3) is 0 Å². The number of aromatic carboxylic acids is 1. The normalized spacial score (nSPS) is 15.4. The number of carboxylic acid groups (broad SMARTS) is 1. The van der Waals surface area contributed by atoms with E-state index in [1.165, 1.54) is 18.2 Å². The Morgan fingerprint density at radius 1 is 1.14 bits per heavy atom. The Bertz CT molecular complexity index is 861. The van der Waals surface area contributed by atoms with Gasteiger partial charge in [0.15, 0.2) is 0 Å². The van der Waals surface area contributed by atoms with Gasteiger partial charge in [-0.2, -0.15) is 0 Å². The van der Waals surface area contributed by atoms with E-state index in [2.05, 4.69) is 10.2 Å². The summed E-state index contributed by atoms with van der Waals surface area (Å²) in [5.41, 5.74) is 2.31. The summed E-state index contributed by atoms with van der Waals surface area (Å²) in [7, 11) is 0. The first-order valence-electron chi connectivity index (χ1n) is 9.52. The van der Waals surface area contributed by atoms with Crippen LogP contribution in [0.15, 0.2) is 42.5 Å². The number of carbonyl (C=O) groups is 2. The number of carbonyl (C=O) groups excluding carboxylic acids is 1. The maximum Gasteiger partial charge on any atom is 0.336 e. The van der Waals surface area contributed by atoms with Crippen LogP contribution in [0.3, 0.4) is 0 Å². The molecule has 0 radical (unpaired) electrons. The SMILES string of the molecule is Cc1cc(F)ccc1C(=O)NCC1CCN(Cc2ccccc2C(=O)O)CC1. The van der Waals surface area contributed by atoms with Crippen molar-refractivity contribution in [1.29, 1.82) is 0 Å². The minimum absolute atomic E-state index is 0.171. The molecule has 5 nitrogen and oxygen atoms in total. The van der Waals surface area contributed by atoms with E-state index in [1.807, 2.05) is 12.1 Å². The Morgan fingerprint density at radius 2 is 1.86 bits per heavy atom. The first-order valence-corrected chi connectivity index (χ1v) is 9.52. The van der Waals surface area contributed by atoms with Crippen molar-refractivity contribution in [2.24, 2.45) is 5.92 Å². The van der Waals surface area contributed by atoms with Crippen LogP contribution in [-0.2, 0) is 6.54 Å². The standard InChI is InChI=1S/C22H25FN2O3/c1-15-12-18(23)6-7-19(15)21(26)24-13-16-8-10-25(11-9-16)14-17-4-2-3-5-20(17)22(27)28/h2-7,12,16H,8-11,13-14H2,1H3,(H,24,26)(H,27,28). The van der Waals surface area contributed by atoms with Gasteiger partial charge in [-0.15, -0.1) is 0 Å². The van der Waals surface area contributed by atoms with E-state index >= 15 is 0 Å². The van der Waals surface area contributed by atoms with Crippen LogP contribution in [0, 0.1) is 18.7 Å². The number of piperidine rings is 1. The maximum absolute atomic E-state index is 13.2. The van der Waals surface area contributed by atoms with Gasteiger partial charge in [-0.05, 0) is 74.2 Å². The van der Waals surface area contributed by atoms with Crippen LogP contribution in [0.4, 0.5) is 4.39 Å². The highest BCUT2D eigenvalue weighted by molar-refractivity contribution is 5.95. The quantitative estimate of drug-likeness (QED) is 0.800. The number of hydrogen-bond acceptors (Lipinski definition) is 3. The Kier molecular flexibility index (Phi) is 6.41. The Balaban J connectivity index is 1.48. The zero-order valence-electron chi connectivity index (χ0n) is 16.0. The second-order valence-corrected chi connectivity index (χ2v) is 7.35. The van der Waals surface area contributed by atoms with Gasteiger partial charge in [-0.3, -0.25) is 9.69 Å². The number of halogens is 1. The smallest absolute Gasteiger partial charge is 0.336 e. The van der Waals surface area contributed by atoms with E-state index in [9.17, 15) is 19.1 Å². The van der Waals surface area contributed by atoms with Gasteiger partial charge in [0.2, 0.25) is 0 Å². The van der Waals surface area contributed by atoms with E-state index in [0.29, 0.717) is 35.7 Å². The molecule has 0 spiro atoms. The lowest BCUT2D eigenvalue weighted by Crippen LogP contribution is -2.38. The number of hydrogen-bond donors (Lipinski definition) is 2. The average Bonchev–Trinajstić information content (AvgIpc) is 2.67. The molecule has 1 saturated heterocycles. The summed E-state index contributed by atoms with van der Waals surface area (Å²) in [6, 6.07) is 11.3. The van der Waals surface area contributed by atoms with Crippen LogP contribution >= 0.6 is 0 Å². The highest BCUT2D eigenvalue weighted by Crippen LogP contribution is 2.20. The molecule has 0 saturated carbocycles. The molecule has 3 rings (SSSR count). The molecule has 1 fully saturated rings. The van der Waals surface area contributed by atoms with Crippen LogP contribution < -0.4 is 5.32 Å². The number of nitrogens with zero attached hydrogens (tertiary/aromatic N) is 1. The van der Waals surface area contributed by atoms with Crippen molar-refractivity contribution >= 4 is 11.9 Å². The summed E-state index contributed by atoms with van der Waals surface area (Å²) in [5, 5.41) is 12.3. The Labute approximate surface area is 164 Å². The molecule has 28 heavy (non-hydrogen) atoms. The van der Waals surface area contributed by atoms with Gasteiger partial charge in [-0.25, -0.2) is 9.18 Å². The van der Waals surface area contributed by atoms with Crippen LogP contribution in [0.2, 0.25) is 0 Å². The molecule has 2 N–H and O–H groups in total. The summed E-state index contributed by atoms with van der Waals surface area (Å²) in [6.07, 6.45) is 1.88. The number of likely N-dealkylation sites (tertiary alicyclic amines) is 1. The molecule has 2 aromatic rings. The monoisotopic (exact) mass is 384 g/mol. The third kappa shape index (κ3) is 4.95. The lowest BCUT2D eigenvalue weighted by atomic mass is 9.95. The number of nitrogens with one attached hydrogen (secondary N) is 1. The number of carboxylic acids is 1. The molecular formula is C22H25FN2O3. The van der Waals surface area contributed by atoms with Crippen LogP contribution in [0.5, 0.6) is 0 Å². The van der Waals surface area contributed by atoms with E-state index < -0.39 is 5.97 Å². The molecule has 0 bridgehead atoms. The van der Waals surface area contributed by atoms with Gasteiger partial charge in [0.25, 0.3) is 5.91 Å². The first kappa shape index (κ1) is 20.0. The van der Waals surface area contributed by atoms with Crippen molar-refractivity contribution in [1.82, 2.24) is 10.2 Å². The molecule has 0 aliphatic carbocycles. The minimum atomic E-state index is -0.899. The van der Waals surface area contributed by atoms with Gasteiger partial charge in [0, 0.05) is 18.7 Å². The molecule has 1 heterocycles. The lowest BCUT2D eigenvalue weighted by molar-refractivity contribution is 0.0693. The van der Waals surface area contributed by atoms with E-state index in [4.69, 9.17) is 0 Å². The zero-order chi connectivity index (χ0) is 20.1. The highest BCUT2D eigenvalue weighted by atomic mass is 19.1. The highest BCUT2D eigenvalue weighted by Gasteiger charge is 2.21. The van der Waals surface area contributed by atoms with Gasteiger partial charge in [0.05, 0.1) is 5.56 Å². The van der Waals surface area contributed by atoms with Crippen LogP contribution in [-0.4, -0.2) is 41.5 Å². The van der Waals surface area contributed by atoms with Crippen molar-refractivity contribution in [3.05, 3.63) is 70.5 Å². The minimum Gasteiger partial charge on any atom is -0.478 e. The summed E-state index contributed by atoms with van der Waals surface area (Å²) in [4.78, 5) is 25.9. The van der Waals surface area contributed by atoms with Gasteiger partial charge in [0.1, 0.15) is 5.82 Å². The fraction of sp³-hybridized carbons (Fsp3) is 0.364. The molecule has 0 atom stereocenters. The summed E-state index contributed by atoms with van der Waals surface area (Å²) in [6.45, 7) is 4.67. The number of rotatable bonds is 6. The molecule has 0 unspecified atom stereocenters. The predicted molar refractivity (Wildman–Crippen MR) is 105 cm³/mol. The zero-order valence-corrected chi connectivity index (χ0v) is 16.0. The molecular weight excluding hydrogens is 359 g/mol. The van der Waals surface area contributed by atoms with Gasteiger partial charge >= 0.3 is 5.97 Å². The average molecular weight is 384 g/mol. The molecule has 2 aromatic carbocycles. The molecule has 1 aliphatic heterocycles. The maximum atomic E-state index is 13.2. The van der Waals surface area contributed by atoms with E-state index in [1.54, 1.807) is 19.1 Å². The Morgan fingerprint density at radius 3 is 2.54 bits per heavy atom. The summed E-state index contributed by atoms with van der Waals surface area (Å²) >= 11 is 0. The largest absolute Gasteiger partial charge is 0.478 e. The molecule has 0 aromatic heterocycles. The number of amides is 1. The predicted octanol–water partition coefficient (Wildman–Crippen LogP) is 3.47. The van der Waals surface area contributed by atoms with Crippen molar-refractivity contribution in [2.75, 3.05) is 19.6 Å². The van der Waals surface area contributed by atoms with Crippen LogP contribution in [0.1, 0.15) is 44.7 Å². The molecule has 1 amide bonds. The van der Waals surface area contributed by atoms with E-state index in [-0.39, 0.29) is 11.7 Å². The van der Waals surface area contributed by atoms with Gasteiger partial charge < -0.3 is 10.4 Å². The first-order chi connectivity index (χ1) is 13.4. The lowest BCUT2D eigenvalue weighted by Gasteiger charge is -2.32. The third-order valence-corrected chi connectivity index (χ3v) is 5.33. The number of aryl methyl sites for hydroxylation is 1. The molecule has 148 valence electrons. The van der Waals surface area contributed by atoms with Gasteiger partial charge in [-0.1, -0.05) is 18.2 Å². The topological polar surface area (TPSA) is 69.6 Å². The summed E-state index contributed by atoms with van der Waals surface area (Å²) < 4.78 is 13.2. The van der Waals surface area contributed by atoms with Crippen molar-refractivity contribution in [3.63, 3.8) is 0 Å². The van der Waals surface area contributed by atoms with Crippen molar-refractivity contribution < 1.29 is 19.1 Å². The van der Waals surface area contributed by atoms with E-state index in [0.717, 1.165) is 31.5 Å². The fourth-order valence-electron chi connectivity index (χ4n) is 3.67. The van der Waals surface area contributed by atoms with Crippen molar-refractivity contribution in [3.8, 4) is 0 Å².